The maximum atomic E-state index is 13.7. The van der Waals surface area contributed by atoms with Crippen LogP contribution in [0.25, 0.3) is 0 Å². The van der Waals surface area contributed by atoms with E-state index in [1.165, 1.54) is 6.07 Å². The number of nitrogens with one attached hydrogen (secondary N) is 1. The quantitative estimate of drug-likeness (QED) is 0.870. The molecule has 0 spiro atoms. The van der Waals surface area contributed by atoms with Gasteiger partial charge < -0.3 is 5.32 Å². The Labute approximate surface area is 129 Å². The van der Waals surface area contributed by atoms with Crippen LogP contribution in [0.5, 0.6) is 0 Å². The number of rotatable bonds is 5. The zero-order chi connectivity index (χ0) is 14.5. The van der Waals surface area contributed by atoms with E-state index in [-0.39, 0.29) is 5.82 Å². The second-order valence-corrected chi connectivity index (χ2v) is 6.52. The van der Waals surface area contributed by atoms with E-state index in [4.69, 9.17) is 0 Å². The van der Waals surface area contributed by atoms with Gasteiger partial charge in [-0.1, -0.05) is 36.2 Å². The molecule has 0 bridgehead atoms. The molecule has 1 fully saturated rings. The molecule has 0 radical (unpaired) electrons. The van der Waals surface area contributed by atoms with Gasteiger partial charge in [0, 0.05) is 36.7 Å². The molecule has 0 aliphatic carbocycles. The van der Waals surface area contributed by atoms with Gasteiger partial charge >= 0.3 is 0 Å². The maximum Gasteiger partial charge on any atom is 0.123 e. The Hall–Kier alpha value is -0.450. The van der Waals surface area contributed by atoms with Gasteiger partial charge in [0.2, 0.25) is 0 Å². The highest BCUT2D eigenvalue weighted by Gasteiger charge is 2.28. The summed E-state index contributed by atoms with van der Waals surface area (Å²) in [6.45, 7) is 8.59. The standard InChI is InChI=1S/C16H24BrFN2/c1-3-4-12(2)16(20-9-7-19-8-10-20)14-11-13(18)5-6-15(14)17/h5-6,11-12,16,19H,3-4,7-10H2,1-2H3/t12?,16-/m1/s1. The van der Waals surface area contributed by atoms with Crippen LogP contribution in [0.2, 0.25) is 0 Å². The van der Waals surface area contributed by atoms with E-state index in [1.54, 1.807) is 6.07 Å². The summed E-state index contributed by atoms with van der Waals surface area (Å²) in [5.74, 6) is 0.378. The van der Waals surface area contributed by atoms with Gasteiger partial charge in [0.05, 0.1) is 0 Å². The van der Waals surface area contributed by atoms with Crippen molar-refractivity contribution in [3.05, 3.63) is 34.1 Å². The number of hydrogen-bond donors (Lipinski definition) is 1. The largest absolute Gasteiger partial charge is 0.314 e. The topological polar surface area (TPSA) is 15.3 Å². The number of halogens is 2. The fraction of sp³-hybridized carbons (Fsp3) is 0.625. The summed E-state index contributed by atoms with van der Waals surface area (Å²) in [4.78, 5) is 2.50. The van der Waals surface area contributed by atoms with Crippen LogP contribution in [-0.2, 0) is 0 Å². The Kier molecular flexibility index (Phi) is 6.00. The summed E-state index contributed by atoms with van der Waals surface area (Å²) in [5, 5.41) is 3.39. The van der Waals surface area contributed by atoms with E-state index < -0.39 is 0 Å². The SMILES string of the molecule is CCCC(C)[C@H](c1cc(F)ccc1Br)N1CCNCC1. The van der Waals surface area contributed by atoms with E-state index in [0.29, 0.717) is 12.0 Å². The minimum absolute atomic E-state index is 0.146. The number of piperazine rings is 1. The molecule has 2 atom stereocenters. The van der Waals surface area contributed by atoms with E-state index in [9.17, 15) is 4.39 Å². The fourth-order valence-corrected chi connectivity index (χ4v) is 3.66. The molecule has 4 heteroatoms. The van der Waals surface area contributed by atoms with Crippen molar-refractivity contribution in [2.45, 2.75) is 32.7 Å². The first-order chi connectivity index (χ1) is 9.63. The summed E-state index contributed by atoms with van der Waals surface area (Å²) in [7, 11) is 0. The highest BCUT2D eigenvalue weighted by molar-refractivity contribution is 9.10. The van der Waals surface area contributed by atoms with Crippen molar-refractivity contribution in [2.24, 2.45) is 5.92 Å². The summed E-state index contributed by atoms with van der Waals surface area (Å²) < 4.78 is 14.7. The molecule has 2 nitrogen and oxygen atoms in total. The number of nitrogens with zero attached hydrogens (tertiary/aromatic N) is 1. The number of hydrogen-bond acceptors (Lipinski definition) is 2. The molecule has 20 heavy (non-hydrogen) atoms. The molecule has 1 aliphatic rings. The van der Waals surface area contributed by atoms with Crippen LogP contribution in [0.15, 0.2) is 22.7 Å². The molecule has 1 aromatic carbocycles. The van der Waals surface area contributed by atoms with Crippen LogP contribution in [0, 0.1) is 11.7 Å². The van der Waals surface area contributed by atoms with E-state index in [0.717, 1.165) is 49.1 Å². The third-order valence-electron chi connectivity index (χ3n) is 4.10. The van der Waals surface area contributed by atoms with Crippen LogP contribution in [-0.4, -0.2) is 31.1 Å². The normalized spacial score (nSPS) is 19.8. The van der Waals surface area contributed by atoms with Crippen LogP contribution >= 0.6 is 15.9 Å². The summed E-state index contributed by atoms with van der Waals surface area (Å²) in [6, 6.07) is 5.34. The van der Waals surface area contributed by atoms with Crippen molar-refractivity contribution in [3.63, 3.8) is 0 Å². The second-order valence-electron chi connectivity index (χ2n) is 5.66. The van der Waals surface area contributed by atoms with Crippen molar-refractivity contribution < 1.29 is 4.39 Å². The van der Waals surface area contributed by atoms with Gasteiger partial charge in [0.1, 0.15) is 5.82 Å². The third-order valence-corrected chi connectivity index (χ3v) is 4.83. The smallest absolute Gasteiger partial charge is 0.123 e. The van der Waals surface area contributed by atoms with Gasteiger partial charge in [-0.05, 0) is 36.1 Å². The molecule has 1 heterocycles. The van der Waals surface area contributed by atoms with Gasteiger partial charge in [0.15, 0.2) is 0 Å². The van der Waals surface area contributed by atoms with Crippen molar-refractivity contribution in [3.8, 4) is 0 Å². The molecule has 1 unspecified atom stereocenters. The summed E-state index contributed by atoms with van der Waals surface area (Å²) in [6.07, 6.45) is 2.33. The Morgan fingerprint density at radius 1 is 1.35 bits per heavy atom. The zero-order valence-electron chi connectivity index (χ0n) is 12.3. The average Bonchev–Trinajstić information content (AvgIpc) is 2.44. The molecular weight excluding hydrogens is 319 g/mol. The molecule has 1 aliphatic heterocycles. The maximum absolute atomic E-state index is 13.7. The van der Waals surface area contributed by atoms with E-state index in [2.05, 4.69) is 40.0 Å². The van der Waals surface area contributed by atoms with Crippen molar-refractivity contribution in [2.75, 3.05) is 26.2 Å². The Balaban J connectivity index is 2.31. The van der Waals surface area contributed by atoms with Crippen molar-refractivity contribution >= 4 is 15.9 Å². The van der Waals surface area contributed by atoms with Crippen LogP contribution in [0.3, 0.4) is 0 Å². The van der Waals surface area contributed by atoms with Gasteiger partial charge in [-0.25, -0.2) is 4.39 Å². The summed E-state index contributed by atoms with van der Waals surface area (Å²) in [5.41, 5.74) is 1.09. The monoisotopic (exact) mass is 342 g/mol. The van der Waals surface area contributed by atoms with Crippen molar-refractivity contribution in [1.82, 2.24) is 10.2 Å². The molecule has 0 saturated carbocycles. The highest BCUT2D eigenvalue weighted by atomic mass is 79.9. The molecule has 1 saturated heterocycles. The summed E-state index contributed by atoms with van der Waals surface area (Å²) >= 11 is 3.61. The molecule has 112 valence electrons. The van der Waals surface area contributed by atoms with Crippen LogP contribution in [0.1, 0.15) is 38.3 Å². The fourth-order valence-electron chi connectivity index (χ4n) is 3.18. The highest BCUT2D eigenvalue weighted by Crippen LogP contribution is 2.36. The lowest BCUT2D eigenvalue weighted by atomic mass is 9.89. The molecule has 1 N–H and O–H groups in total. The van der Waals surface area contributed by atoms with E-state index >= 15 is 0 Å². The predicted octanol–water partition coefficient (Wildman–Crippen LogP) is 3.97. The van der Waals surface area contributed by atoms with Gasteiger partial charge in [-0.3, -0.25) is 4.90 Å². The first kappa shape index (κ1) is 15.9. The molecule has 1 aromatic rings. The molecule has 0 aromatic heterocycles. The Morgan fingerprint density at radius 2 is 2.05 bits per heavy atom. The van der Waals surface area contributed by atoms with E-state index in [1.807, 2.05) is 6.07 Å². The predicted molar refractivity (Wildman–Crippen MR) is 85.4 cm³/mol. The lowest BCUT2D eigenvalue weighted by Gasteiger charge is -2.39. The van der Waals surface area contributed by atoms with Crippen LogP contribution < -0.4 is 5.32 Å². The van der Waals surface area contributed by atoms with Crippen LogP contribution in [0.4, 0.5) is 4.39 Å². The van der Waals surface area contributed by atoms with Gasteiger partial charge in [-0.2, -0.15) is 0 Å². The van der Waals surface area contributed by atoms with Gasteiger partial charge in [0.25, 0.3) is 0 Å². The van der Waals surface area contributed by atoms with Crippen molar-refractivity contribution in [1.29, 1.82) is 0 Å². The number of benzene rings is 1. The average molecular weight is 343 g/mol. The molecule has 2 rings (SSSR count). The third kappa shape index (κ3) is 3.80. The zero-order valence-corrected chi connectivity index (χ0v) is 13.9. The minimum atomic E-state index is -0.146. The molecule has 0 amide bonds. The Morgan fingerprint density at radius 3 is 2.70 bits per heavy atom. The lowest BCUT2D eigenvalue weighted by Crippen LogP contribution is -2.46. The molecular formula is C16H24BrFN2. The second kappa shape index (κ2) is 7.53. The van der Waals surface area contributed by atoms with Gasteiger partial charge in [-0.15, -0.1) is 0 Å². The minimum Gasteiger partial charge on any atom is -0.314 e. The Bertz CT molecular complexity index is 432. The lowest BCUT2D eigenvalue weighted by molar-refractivity contribution is 0.125. The first-order valence-electron chi connectivity index (χ1n) is 7.53. The first-order valence-corrected chi connectivity index (χ1v) is 8.32.